The van der Waals surface area contributed by atoms with Crippen molar-refractivity contribution in [2.75, 3.05) is 13.2 Å². The molecule has 0 aliphatic carbocycles. The SMILES string of the molecule is CCOC(=O)[C@H]1[C@H]2C(=O)N([C@@H](CO)Cc3ccccc3)C(C(=O)NC(C)C)C23CC(Br)[C@@H]1O3. The van der Waals surface area contributed by atoms with Crippen LogP contribution in [0.3, 0.4) is 0 Å². The van der Waals surface area contributed by atoms with E-state index in [1.807, 2.05) is 44.2 Å². The second-order valence-corrected chi connectivity index (χ2v) is 10.5. The molecule has 4 rings (SSSR count). The number of nitrogens with one attached hydrogen (secondary N) is 1. The molecule has 3 fully saturated rings. The first-order chi connectivity index (χ1) is 15.7. The zero-order valence-electron chi connectivity index (χ0n) is 19.1. The van der Waals surface area contributed by atoms with Gasteiger partial charge in [-0.25, -0.2) is 0 Å². The van der Waals surface area contributed by atoms with Crippen molar-refractivity contribution >= 4 is 33.7 Å². The van der Waals surface area contributed by atoms with E-state index in [0.29, 0.717) is 12.8 Å². The van der Waals surface area contributed by atoms with Crippen LogP contribution in [0.15, 0.2) is 30.3 Å². The van der Waals surface area contributed by atoms with E-state index in [9.17, 15) is 19.5 Å². The second-order valence-electron chi connectivity index (χ2n) is 9.35. The van der Waals surface area contributed by atoms with Crippen molar-refractivity contribution in [3.8, 4) is 0 Å². The summed E-state index contributed by atoms with van der Waals surface area (Å²) in [5.41, 5.74) is -0.219. The van der Waals surface area contributed by atoms with Gasteiger partial charge in [0.1, 0.15) is 11.6 Å². The molecule has 1 spiro atoms. The third-order valence-electron chi connectivity index (χ3n) is 6.88. The summed E-state index contributed by atoms with van der Waals surface area (Å²) in [6.45, 7) is 5.29. The number of fused-ring (bicyclic) bond motifs is 1. The molecule has 3 unspecified atom stereocenters. The van der Waals surface area contributed by atoms with Crippen LogP contribution in [0, 0.1) is 11.8 Å². The van der Waals surface area contributed by atoms with Crippen molar-refractivity contribution < 1.29 is 29.0 Å². The van der Waals surface area contributed by atoms with Crippen LogP contribution >= 0.6 is 15.9 Å². The highest BCUT2D eigenvalue weighted by Crippen LogP contribution is 2.60. The second kappa shape index (κ2) is 9.35. The largest absolute Gasteiger partial charge is 0.466 e. The Morgan fingerprint density at radius 1 is 1.33 bits per heavy atom. The van der Waals surface area contributed by atoms with Gasteiger partial charge in [-0.3, -0.25) is 14.4 Å². The molecule has 7 atom stereocenters. The Balaban J connectivity index is 1.76. The number of rotatable bonds is 8. The summed E-state index contributed by atoms with van der Waals surface area (Å²) in [4.78, 5) is 41.6. The number of aliphatic hydroxyl groups is 1. The molecule has 2 N–H and O–H groups in total. The Labute approximate surface area is 202 Å². The molecule has 8 nitrogen and oxygen atoms in total. The number of carbonyl (C=O) groups excluding carboxylic acids is 3. The Morgan fingerprint density at radius 3 is 2.64 bits per heavy atom. The summed E-state index contributed by atoms with van der Waals surface area (Å²) in [7, 11) is 0. The normalized spacial score (nSPS) is 33.3. The van der Waals surface area contributed by atoms with E-state index in [-0.39, 0.29) is 35.9 Å². The van der Waals surface area contributed by atoms with Gasteiger partial charge < -0.3 is 24.8 Å². The maximum Gasteiger partial charge on any atom is 0.312 e. The van der Waals surface area contributed by atoms with Crippen molar-refractivity contribution in [1.29, 1.82) is 0 Å². The number of ether oxygens (including phenoxy) is 2. The number of hydrogen-bond acceptors (Lipinski definition) is 6. The molecule has 3 aliphatic heterocycles. The van der Waals surface area contributed by atoms with Crippen LogP contribution in [-0.2, 0) is 30.3 Å². The summed E-state index contributed by atoms with van der Waals surface area (Å²) in [5, 5.41) is 13.2. The molecule has 33 heavy (non-hydrogen) atoms. The number of halogens is 1. The third kappa shape index (κ3) is 3.98. The lowest BCUT2D eigenvalue weighted by Crippen LogP contribution is -2.59. The van der Waals surface area contributed by atoms with E-state index >= 15 is 0 Å². The maximum atomic E-state index is 13.9. The molecule has 1 aromatic rings. The molecule has 3 heterocycles. The van der Waals surface area contributed by atoms with Gasteiger partial charge in [-0.15, -0.1) is 0 Å². The molecular formula is C24H31BrN2O6. The molecular weight excluding hydrogens is 492 g/mol. The first-order valence-corrected chi connectivity index (χ1v) is 12.4. The molecule has 3 aliphatic rings. The lowest BCUT2D eigenvalue weighted by molar-refractivity contribution is -0.155. The zero-order chi connectivity index (χ0) is 23.9. The van der Waals surface area contributed by atoms with Crippen LogP contribution in [0.4, 0.5) is 0 Å². The molecule has 0 saturated carbocycles. The average Bonchev–Trinajstić information content (AvgIpc) is 3.36. The number of nitrogens with zero attached hydrogens (tertiary/aromatic N) is 1. The fraction of sp³-hybridized carbons (Fsp3) is 0.625. The number of alkyl halides is 1. The number of esters is 1. The van der Waals surface area contributed by atoms with Crippen molar-refractivity contribution in [2.24, 2.45) is 11.8 Å². The van der Waals surface area contributed by atoms with Gasteiger partial charge in [0.2, 0.25) is 11.8 Å². The van der Waals surface area contributed by atoms with Crippen LogP contribution in [-0.4, -0.2) is 75.7 Å². The number of aliphatic hydroxyl groups excluding tert-OH is 1. The Morgan fingerprint density at radius 2 is 2.03 bits per heavy atom. The van der Waals surface area contributed by atoms with Crippen molar-refractivity contribution in [2.45, 2.75) is 68.3 Å². The van der Waals surface area contributed by atoms with Crippen molar-refractivity contribution in [3.63, 3.8) is 0 Å². The van der Waals surface area contributed by atoms with E-state index in [2.05, 4.69) is 21.2 Å². The molecule has 9 heteroatoms. The van der Waals surface area contributed by atoms with E-state index in [0.717, 1.165) is 5.56 Å². The quantitative estimate of drug-likeness (QED) is 0.395. The van der Waals surface area contributed by atoms with Gasteiger partial charge in [0.25, 0.3) is 0 Å². The minimum absolute atomic E-state index is 0.147. The Bertz CT molecular complexity index is 911. The predicted molar refractivity (Wildman–Crippen MR) is 123 cm³/mol. The lowest BCUT2D eigenvalue weighted by Gasteiger charge is -2.37. The Kier molecular flexibility index (Phi) is 6.85. The highest BCUT2D eigenvalue weighted by molar-refractivity contribution is 9.09. The van der Waals surface area contributed by atoms with Gasteiger partial charge in [-0.2, -0.15) is 0 Å². The van der Waals surface area contributed by atoms with E-state index < -0.39 is 41.6 Å². The lowest BCUT2D eigenvalue weighted by atomic mass is 9.70. The monoisotopic (exact) mass is 522 g/mol. The standard InChI is InChI=1S/C24H31BrN2O6/c1-4-32-23(31)17-18-22(30)27(15(12-28)10-14-8-6-5-7-9-14)20(21(29)26-13(2)3)24(18)11-16(25)19(17)33-24/h5-9,13,15-20,28H,4,10-12H2,1-3H3,(H,26,29)/t15-,16?,17+,18+,19+,20?,24?/m1/s1. The molecule has 2 amide bonds. The van der Waals surface area contributed by atoms with E-state index in [4.69, 9.17) is 9.47 Å². The van der Waals surface area contributed by atoms with Crippen LogP contribution in [0.25, 0.3) is 0 Å². The van der Waals surface area contributed by atoms with Crippen LogP contribution in [0.5, 0.6) is 0 Å². The van der Waals surface area contributed by atoms with Gasteiger partial charge in [0.05, 0.1) is 37.2 Å². The highest BCUT2D eigenvalue weighted by Gasteiger charge is 2.77. The van der Waals surface area contributed by atoms with Gasteiger partial charge >= 0.3 is 5.97 Å². The Hall–Kier alpha value is -1.97. The minimum Gasteiger partial charge on any atom is -0.466 e. The third-order valence-corrected chi connectivity index (χ3v) is 7.73. The number of amides is 2. The summed E-state index contributed by atoms with van der Waals surface area (Å²) >= 11 is 3.62. The van der Waals surface area contributed by atoms with Crippen molar-refractivity contribution in [3.05, 3.63) is 35.9 Å². The fourth-order valence-corrected chi connectivity index (χ4v) is 6.71. The predicted octanol–water partition coefficient (Wildman–Crippen LogP) is 1.43. The summed E-state index contributed by atoms with van der Waals surface area (Å²) in [6, 6.07) is 7.78. The fourth-order valence-electron chi connectivity index (χ4n) is 5.77. The smallest absolute Gasteiger partial charge is 0.312 e. The summed E-state index contributed by atoms with van der Waals surface area (Å²) < 4.78 is 11.7. The van der Waals surface area contributed by atoms with Gasteiger partial charge in [0, 0.05) is 10.9 Å². The minimum atomic E-state index is -1.16. The number of carbonyl (C=O) groups is 3. The number of likely N-dealkylation sites (tertiary alicyclic amines) is 1. The first kappa shape index (κ1) is 24.2. The van der Waals surface area contributed by atoms with Crippen LogP contribution < -0.4 is 5.32 Å². The van der Waals surface area contributed by atoms with Gasteiger partial charge in [-0.1, -0.05) is 46.3 Å². The van der Waals surface area contributed by atoms with Gasteiger partial charge in [-0.05, 0) is 39.2 Å². The molecule has 3 saturated heterocycles. The molecule has 180 valence electrons. The van der Waals surface area contributed by atoms with E-state index in [1.165, 1.54) is 4.90 Å². The molecule has 1 aromatic carbocycles. The summed E-state index contributed by atoms with van der Waals surface area (Å²) in [6.07, 6.45) is 0.249. The number of hydrogen-bond donors (Lipinski definition) is 2. The van der Waals surface area contributed by atoms with Crippen LogP contribution in [0.2, 0.25) is 0 Å². The van der Waals surface area contributed by atoms with Gasteiger partial charge in [0.15, 0.2) is 0 Å². The maximum absolute atomic E-state index is 13.9. The molecule has 0 aromatic heterocycles. The number of benzene rings is 1. The molecule has 2 bridgehead atoms. The van der Waals surface area contributed by atoms with Crippen molar-refractivity contribution in [1.82, 2.24) is 10.2 Å². The molecule has 0 radical (unpaired) electrons. The average molecular weight is 523 g/mol. The van der Waals surface area contributed by atoms with Crippen LogP contribution in [0.1, 0.15) is 32.8 Å². The topological polar surface area (TPSA) is 105 Å². The highest BCUT2D eigenvalue weighted by atomic mass is 79.9. The van der Waals surface area contributed by atoms with E-state index in [1.54, 1.807) is 6.92 Å². The summed E-state index contributed by atoms with van der Waals surface area (Å²) in [5.74, 6) is -2.79. The first-order valence-electron chi connectivity index (χ1n) is 11.5. The zero-order valence-corrected chi connectivity index (χ0v) is 20.7.